The summed E-state index contributed by atoms with van der Waals surface area (Å²) in [6, 6.07) is 12.2. The van der Waals surface area contributed by atoms with Gasteiger partial charge in [-0.05, 0) is 18.6 Å². The summed E-state index contributed by atoms with van der Waals surface area (Å²) in [7, 11) is 2.31. The van der Waals surface area contributed by atoms with E-state index in [-0.39, 0.29) is 11.7 Å². The number of thiophene rings is 1. The number of carbonyl (C=O) groups is 1. The lowest BCUT2D eigenvalue weighted by molar-refractivity contribution is -0.926. The summed E-state index contributed by atoms with van der Waals surface area (Å²) in [5.41, 5.74) is 1.72. The van der Waals surface area contributed by atoms with E-state index in [2.05, 4.69) is 31.4 Å². The monoisotopic (exact) mass is 357 g/mol. The maximum absolute atomic E-state index is 12.6. The van der Waals surface area contributed by atoms with E-state index in [4.69, 9.17) is 4.74 Å². The summed E-state index contributed by atoms with van der Waals surface area (Å²) >= 11 is 1.69. The molecule has 3 aliphatic rings. The number of carbonyl (C=O) groups excluding carboxylic acids is 1. The van der Waals surface area contributed by atoms with Gasteiger partial charge in [0.1, 0.15) is 5.60 Å². The SMILES string of the molecule is Cc1cc(NC(=O)OC23CC[N+](C)(CC2)CC3)c(-c2ccccc2)s1. The van der Waals surface area contributed by atoms with E-state index >= 15 is 0 Å². The molecule has 1 amide bonds. The van der Waals surface area contributed by atoms with Crippen molar-refractivity contribution in [1.29, 1.82) is 0 Å². The Morgan fingerprint density at radius 2 is 1.80 bits per heavy atom. The molecule has 3 aliphatic heterocycles. The molecule has 4 heterocycles. The van der Waals surface area contributed by atoms with Crippen LogP contribution >= 0.6 is 11.3 Å². The number of piperidine rings is 3. The van der Waals surface area contributed by atoms with Crippen molar-refractivity contribution < 1.29 is 14.0 Å². The molecule has 3 saturated heterocycles. The van der Waals surface area contributed by atoms with Crippen molar-refractivity contribution in [1.82, 2.24) is 0 Å². The first-order valence-corrected chi connectivity index (χ1v) is 9.78. The van der Waals surface area contributed by atoms with Crippen LogP contribution in [0.1, 0.15) is 24.1 Å². The number of fused-ring (bicyclic) bond motifs is 3. The van der Waals surface area contributed by atoms with E-state index in [0.29, 0.717) is 0 Å². The highest BCUT2D eigenvalue weighted by Gasteiger charge is 2.49. The van der Waals surface area contributed by atoms with Gasteiger partial charge in [-0.2, -0.15) is 0 Å². The molecule has 1 aromatic heterocycles. The summed E-state index contributed by atoms with van der Waals surface area (Å²) < 4.78 is 7.09. The maximum Gasteiger partial charge on any atom is 0.412 e. The molecule has 4 nitrogen and oxygen atoms in total. The number of hydrogen-bond acceptors (Lipinski definition) is 3. The van der Waals surface area contributed by atoms with Crippen LogP contribution in [-0.4, -0.2) is 42.9 Å². The fourth-order valence-corrected chi connectivity index (χ4v) is 5.00. The Kier molecular flexibility index (Phi) is 4.08. The fourth-order valence-electron chi connectivity index (χ4n) is 4.03. The molecular weight excluding hydrogens is 332 g/mol. The number of aryl methyl sites for hydroxylation is 1. The molecule has 0 saturated carbocycles. The number of hydrogen-bond donors (Lipinski definition) is 1. The second kappa shape index (κ2) is 6.15. The van der Waals surface area contributed by atoms with Gasteiger partial charge in [0.15, 0.2) is 0 Å². The maximum atomic E-state index is 12.6. The van der Waals surface area contributed by atoms with Crippen LogP contribution in [0.4, 0.5) is 10.5 Å². The van der Waals surface area contributed by atoms with Crippen LogP contribution in [0.5, 0.6) is 0 Å². The third-order valence-electron chi connectivity index (χ3n) is 5.76. The second-order valence-electron chi connectivity index (χ2n) is 7.70. The van der Waals surface area contributed by atoms with Crippen LogP contribution in [0.2, 0.25) is 0 Å². The molecule has 0 aliphatic carbocycles. The summed E-state index contributed by atoms with van der Waals surface area (Å²) in [5.74, 6) is 0. The first-order valence-electron chi connectivity index (χ1n) is 8.97. The normalized spacial score (nSPS) is 27.9. The molecule has 132 valence electrons. The van der Waals surface area contributed by atoms with Gasteiger partial charge in [-0.1, -0.05) is 30.3 Å². The molecular formula is C20H25N2O2S+. The smallest absolute Gasteiger partial charge is 0.412 e. The minimum atomic E-state index is -0.312. The molecule has 5 rings (SSSR count). The van der Waals surface area contributed by atoms with E-state index in [9.17, 15) is 4.79 Å². The third-order valence-corrected chi connectivity index (χ3v) is 6.86. The number of anilines is 1. The molecule has 0 unspecified atom stereocenters. The molecule has 5 heteroatoms. The zero-order valence-corrected chi connectivity index (χ0v) is 15.7. The molecule has 0 radical (unpaired) electrons. The van der Waals surface area contributed by atoms with Gasteiger partial charge < -0.3 is 9.22 Å². The van der Waals surface area contributed by atoms with Crippen molar-refractivity contribution in [2.75, 3.05) is 32.0 Å². The van der Waals surface area contributed by atoms with E-state index in [0.717, 1.165) is 59.5 Å². The first kappa shape index (κ1) is 16.6. The number of benzene rings is 1. The van der Waals surface area contributed by atoms with Gasteiger partial charge in [0.05, 0.1) is 37.2 Å². The Morgan fingerprint density at radius 1 is 1.16 bits per heavy atom. The van der Waals surface area contributed by atoms with Gasteiger partial charge in [0.2, 0.25) is 0 Å². The molecule has 2 aromatic rings. The highest BCUT2D eigenvalue weighted by molar-refractivity contribution is 7.16. The zero-order valence-electron chi connectivity index (χ0n) is 14.9. The highest BCUT2D eigenvalue weighted by Crippen LogP contribution is 2.40. The number of nitrogens with one attached hydrogen (secondary N) is 1. The predicted octanol–water partition coefficient (Wildman–Crippen LogP) is 4.65. The Hall–Kier alpha value is -1.85. The van der Waals surface area contributed by atoms with Gasteiger partial charge in [-0.25, -0.2) is 4.79 Å². The van der Waals surface area contributed by atoms with Gasteiger partial charge in [-0.3, -0.25) is 5.32 Å². The summed E-state index contributed by atoms with van der Waals surface area (Å²) in [6.07, 6.45) is 2.62. The van der Waals surface area contributed by atoms with Crippen molar-refractivity contribution in [3.05, 3.63) is 41.3 Å². The Labute approximate surface area is 153 Å². The number of ether oxygens (including phenoxy) is 1. The summed E-state index contributed by atoms with van der Waals surface area (Å²) in [6.45, 7) is 5.40. The van der Waals surface area contributed by atoms with Gasteiger partial charge in [0, 0.05) is 24.1 Å². The van der Waals surface area contributed by atoms with Crippen molar-refractivity contribution >= 4 is 23.1 Å². The van der Waals surface area contributed by atoms with Crippen molar-refractivity contribution in [3.8, 4) is 10.4 Å². The third kappa shape index (κ3) is 3.31. The van der Waals surface area contributed by atoms with Crippen LogP contribution in [0.3, 0.4) is 0 Å². The van der Waals surface area contributed by atoms with Crippen LogP contribution < -0.4 is 5.32 Å². The Morgan fingerprint density at radius 3 is 2.44 bits per heavy atom. The zero-order chi connectivity index (χ0) is 17.5. The highest BCUT2D eigenvalue weighted by atomic mass is 32.1. The number of rotatable bonds is 3. The van der Waals surface area contributed by atoms with Crippen molar-refractivity contribution in [3.63, 3.8) is 0 Å². The van der Waals surface area contributed by atoms with E-state index in [1.165, 1.54) is 4.88 Å². The average Bonchev–Trinajstić information content (AvgIpc) is 2.97. The van der Waals surface area contributed by atoms with Crippen LogP contribution in [-0.2, 0) is 4.74 Å². The van der Waals surface area contributed by atoms with Crippen molar-refractivity contribution in [2.45, 2.75) is 31.8 Å². The average molecular weight is 357 g/mol. The first-order chi connectivity index (χ1) is 12.0. The van der Waals surface area contributed by atoms with E-state index in [1.54, 1.807) is 11.3 Å². The molecule has 0 atom stereocenters. The van der Waals surface area contributed by atoms with Gasteiger partial charge >= 0.3 is 6.09 Å². The lowest BCUT2D eigenvalue weighted by Crippen LogP contribution is -2.63. The van der Waals surface area contributed by atoms with E-state index in [1.807, 2.05) is 24.3 Å². The largest absolute Gasteiger partial charge is 0.442 e. The lowest BCUT2D eigenvalue weighted by atomic mass is 9.81. The second-order valence-corrected chi connectivity index (χ2v) is 8.96. The summed E-state index contributed by atoms with van der Waals surface area (Å²) in [4.78, 5) is 14.9. The molecule has 1 N–H and O–H groups in total. The fraction of sp³-hybridized carbons (Fsp3) is 0.450. The van der Waals surface area contributed by atoms with Crippen molar-refractivity contribution in [2.24, 2.45) is 0 Å². The van der Waals surface area contributed by atoms with Gasteiger partial charge in [-0.15, -0.1) is 11.3 Å². The minimum absolute atomic E-state index is 0.252. The molecule has 2 bridgehead atoms. The quantitative estimate of drug-likeness (QED) is 0.812. The van der Waals surface area contributed by atoms with Crippen LogP contribution in [0.15, 0.2) is 36.4 Å². The topological polar surface area (TPSA) is 38.3 Å². The molecule has 0 spiro atoms. The van der Waals surface area contributed by atoms with Crippen LogP contribution in [0, 0.1) is 6.92 Å². The van der Waals surface area contributed by atoms with Gasteiger partial charge in [0.25, 0.3) is 0 Å². The standard InChI is InChI=1S/C20H24N2O2S/c1-15-14-17(18(25-15)16-6-4-3-5-7-16)21-19(23)24-20-8-11-22(2,12-9-20)13-10-20/h3-7,14H,8-13H2,1-2H3/p+1. The van der Waals surface area contributed by atoms with E-state index < -0.39 is 0 Å². The number of amides is 1. The number of quaternary nitrogens is 1. The molecule has 3 fully saturated rings. The Bertz CT molecular complexity index is 760. The molecule has 1 aromatic carbocycles. The number of nitrogens with zero attached hydrogens (tertiary/aromatic N) is 1. The summed E-state index contributed by atoms with van der Waals surface area (Å²) in [5, 5.41) is 3.01. The van der Waals surface area contributed by atoms with Crippen LogP contribution in [0.25, 0.3) is 10.4 Å². The predicted molar refractivity (Wildman–Crippen MR) is 102 cm³/mol. The minimum Gasteiger partial charge on any atom is -0.442 e. The Balaban J connectivity index is 1.49. The lowest BCUT2D eigenvalue weighted by Gasteiger charge is -2.51. The molecule has 25 heavy (non-hydrogen) atoms.